The smallest absolute Gasteiger partial charge is 0.103 e. The average Bonchev–Trinajstić information content (AvgIpc) is 2.24. The molecule has 0 aromatic carbocycles. The largest absolute Gasteiger partial charge is 0.391 e. The third kappa shape index (κ3) is 4.01. The zero-order chi connectivity index (χ0) is 13.7. The Morgan fingerprint density at radius 2 is 2.11 bits per heavy atom. The molecular weight excluding hydrogens is 226 g/mol. The summed E-state index contributed by atoms with van der Waals surface area (Å²) in [5, 5.41) is 22.1. The summed E-state index contributed by atoms with van der Waals surface area (Å²) in [5.41, 5.74) is 2.90. The highest BCUT2D eigenvalue weighted by Gasteiger charge is 2.11. The molecule has 0 radical (unpaired) electrons. The minimum Gasteiger partial charge on any atom is -0.391 e. The van der Waals surface area contributed by atoms with E-state index in [4.69, 9.17) is 5.26 Å². The van der Waals surface area contributed by atoms with Gasteiger partial charge < -0.3 is 10.4 Å². The number of anilines is 1. The molecule has 0 aliphatic carbocycles. The molecule has 1 aromatic heterocycles. The number of pyridine rings is 1. The van der Waals surface area contributed by atoms with Gasteiger partial charge in [-0.3, -0.25) is 4.98 Å². The standard InChI is InChI=1S/C14H21N3O/c1-9(2)5-12(18)8-16-14-6-10(3)17-11(4)13(14)7-15/h6,9,12,18H,5,8H2,1-4H3,(H,16,17). The molecule has 0 bridgehead atoms. The Kier molecular flexibility index (Phi) is 5.11. The lowest BCUT2D eigenvalue weighted by molar-refractivity contribution is 0.161. The molecule has 0 aliphatic heterocycles. The second-order valence-electron chi connectivity index (χ2n) is 5.05. The van der Waals surface area contributed by atoms with Crippen molar-refractivity contribution in [1.29, 1.82) is 5.26 Å². The number of nitriles is 1. The Bertz CT molecular complexity index is 449. The number of aliphatic hydroxyl groups is 1. The van der Waals surface area contributed by atoms with E-state index in [9.17, 15) is 5.11 Å². The van der Waals surface area contributed by atoms with Crippen LogP contribution in [0.25, 0.3) is 0 Å². The number of rotatable bonds is 5. The molecule has 0 saturated carbocycles. The Morgan fingerprint density at radius 1 is 1.44 bits per heavy atom. The van der Waals surface area contributed by atoms with E-state index < -0.39 is 6.10 Å². The highest BCUT2D eigenvalue weighted by molar-refractivity contribution is 5.59. The topological polar surface area (TPSA) is 68.9 Å². The van der Waals surface area contributed by atoms with Gasteiger partial charge in [-0.25, -0.2) is 0 Å². The molecule has 4 nitrogen and oxygen atoms in total. The van der Waals surface area contributed by atoms with Crippen molar-refractivity contribution < 1.29 is 5.11 Å². The van der Waals surface area contributed by atoms with Crippen LogP contribution in [0.4, 0.5) is 5.69 Å². The van der Waals surface area contributed by atoms with Crippen LogP contribution < -0.4 is 5.32 Å². The molecule has 1 heterocycles. The van der Waals surface area contributed by atoms with Crippen molar-refractivity contribution in [3.05, 3.63) is 23.0 Å². The molecule has 0 spiro atoms. The molecule has 98 valence electrons. The Morgan fingerprint density at radius 3 is 2.67 bits per heavy atom. The predicted octanol–water partition coefficient (Wildman–Crippen LogP) is 2.39. The Balaban J connectivity index is 2.76. The van der Waals surface area contributed by atoms with E-state index in [2.05, 4.69) is 30.2 Å². The second-order valence-corrected chi connectivity index (χ2v) is 5.05. The number of hydrogen-bond donors (Lipinski definition) is 2. The van der Waals surface area contributed by atoms with Gasteiger partial charge in [0.25, 0.3) is 0 Å². The van der Waals surface area contributed by atoms with Crippen molar-refractivity contribution >= 4 is 5.69 Å². The van der Waals surface area contributed by atoms with Crippen molar-refractivity contribution in [2.45, 2.75) is 40.2 Å². The fraction of sp³-hybridized carbons (Fsp3) is 0.571. The molecule has 4 heteroatoms. The fourth-order valence-electron chi connectivity index (χ4n) is 1.96. The number of hydrogen-bond acceptors (Lipinski definition) is 4. The van der Waals surface area contributed by atoms with Gasteiger partial charge >= 0.3 is 0 Å². The van der Waals surface area contributed by atoms with E-state index in [0.717, 1.165) is 23.5 Å². The number of nitrogens with zero attached hydrogens (tertiary/aromatic N) is 2. The summed E-state index contributed by atoms with van der Waals surface area (Å²) in [7, 11) is 0. The minimum absolute atomic E-state index is 0.398. The van der Waals surface area contributed by atoms with Gasteiger partial charge in [0, 0.05) is 12.2 Å². The molecule has 2 N–H and O–H groups in total. The van der Waals surface area contributed by atoms with Gasteiger partial charge in [-0.1, -0.05) is 13.8 Å². The summed E-state index contributed by atoms with van der Waals surface area (Å²) < 4.78 is 0. The molecule has 1 rings (SSSR count). The van der Waals surface area contributed by atoms with Gasteiger partial charge in [0.05, 0.1) is 23.0 Å². The van der Waals surface area contributed by atoms with Gasteiger partial charge in [-0.05, 0) is 32.3 Å². The third-order valence-electron chi connectivity index (χ3n) is 2.71. The Labute approximate surface area is 109 Å². The van der Waals surface area contributed by atoms with Crippen molar-refractivity contribution in [2.24, 2.45) is 5.92 Å². The molecule has 1 unspecified atom stereocenters. The van der Waals surface area contributed by atoms with E-state index in [1.54, 1.807) is 0 Å². The maximum atomic E-state index is 9.82. The lowest BCUT2D eigenvalue weighted by atomic mass is 10.1. The van der Waals surface area contributed by atoms with Crippen LogP contribution in [-0.2, 0) is 0 Å². The van der Waals surface area contributed by atoms with Gasteiger partial charge in [0.1, 0.15) is 6.07 Å². The summed E-state index contributed by atoms with van der Waals surface area (Å²) in [6.45, 7) is 8.32. The molecule has 0 fully saturated rings. The van der Waals surface area contributed by atoms with E-state index in [1.807, 2.05) is 19.9 Å². The predicted molar refractivity (Wildman–Crippen MR) is 72.4 cm³/mol. The zero-order valence-electron chi connectivity index (χ0n) is 11.5. The van der Waals surface area contributed by atoms with Crippen molar-refractivity contribution in [2.75, 3.05) is 11.9 Å². The van der Waals surface area contributed by atoms with Gasteiger partial charge in [0.15, 0.2) is 0 Å². The fourth-order valence-corrected chi connectivity index (χ4v) is 1.96. The molecule has 18 heavy (non-hydrogen) atoms. The van der Waals surface area contributed by atoms with Gasteiger partial charge in [0.2, 0.25) is 0 Å². The summed E-state index contributed by atoms with van der Waals surface area (Å²) >= 11 is 0. The maximum absolute atomic E-state index is 9.82. The monoisotopic (exact) mass is 247 g/mol. The van der Waals surface area contributed by atoms with Crippen LogP contribution in [0.1, 0.15) is 37.2 Å². The van der Waals surface area contributed by atoms with Gasteiger partial charge in [-0.15, -0.1) is 0 Å². The van der Waals surface area contributed by atoms with Crippen LogP contribution in [0.15, 0.2) is 6.07 Å². The highest BCUT2D eigenvalue weighted by Crippen LogP contribution is 2.19. The van der Waals surface area contributed by atoms with Crippen molar-refractivity contribution in [3.63, 3.8) is 0 Å². The second kappa shape index (κ2) is 6.36. The maximum Gasteiger partial charge on any atom is 0.103 e. The molecular formula is C14H21N3O. The number of nitrogens with one attached hydrogen (secondary N) is 1. The van der Waals surface area contributed by atoms with Crippen LogP contribution in [0.5, 0.6) is 0 Å². The number of aliphatic hydroxyl groups excluding tert-OH is 1. The first kappa shape index (κ1) is 14.5. The molecule has 0 saturated heterocycles. The van der Waals surface area contributed by atoms with Gasteiger partial charge in [-0.2, -0.15) is 5.26 Å². The zero-order valence-corrected chi connectivity index (χ0v) is 11.5. The van der Waals surface area contributed by atoms with Crippen LogP contribution >= 0.6 is 0 Å². The first-order valence-electron chi connectivity index (χ1n) is 6.24. The van der Waals surface area contributed by atoms with E-state index in [0.29, 0.717) is 18.0 Å². The molecule has 0 aliphatic rings. The highest BCUT2D eigenvalue weighted by atomic mass is 16.3. The van der Waals surface area contributed by atoms with Crippen LogP contribution in [0.3, 0.4) is 0 Å². The Hall–Kier alpha value is -1.60. The SMILES string of the molecule is Cc1cc(NCC(O)CC(C)C)c(C#N)c(C)n1. The minimum atomic E-state index is -0.398. The van der Waals surface area contributed by atoms with Crippen molar-refractivity contribution in [1.82, 2.24) is 4.98 Å². The molecule has 1 aromatic rings. The lowest BCUT2D eigenvalue weighted by Crippen LogP contribution is -2.21. The summed E-state index contributed by atoms with van der Waals surface area (Å²) in [5.74, 6) is 0.457. The molecule has 1 atom stereocenters. The number of aromatic nitrogens is 1. The van der Waals surface area contributed by atoms with Crippen LogP contribution in [-0.4, -0.2) is 22.7 Å². The average molecular weight is 247 g/mol. The van der Waals surface area contributed by atoms with Crippen LogP contribution in [0.2, 0.25) is 0 Å². The third-order valence-corrected chi connectivity index (χ3v) is 2.71. The summed E-state index contributed by atoms with van der Waals surface area (Å²) in [6.07, 6.45) is 0.350. The normalized spacial score (nSPS) is 12.3. The number of aryl methyl sites for hydroxylation is 2. The lowest BCUT2D eigenvalue weighted by Gasteiger charge is -2.16. The summed E-state index contributed by atoms with van der Waals surface area (Å²) in [6, 6.07) is 3.99. The summed E-state index contributed by atoms with van der Waals surface area (Å²) in [4.78, 5) is 4.26. The van der Waals surface area contributed by atoms with E-state index in [-0.39, 0.29) is 0 Å². The molecule has 0 amide bonds. The quantitative estimate of drug-likeness (QED) is 0.838. The van der Waals surface area contributed by atoms with Crippen LogP contribution in [0, 0.1) is 31.1 Å². The van der Waals surface area contributed by atoms with E-state index in [1.165, 1.54) is 0 Å². The first-order valence-corrected chi connectivity index (χ1v) is 6.24. The van der Waals surface area contributed by atoms with Crippen molar-refractivity contribution in [3.8, 4) is 6.07 Å². The van der Waals surface area contributed by atoms with E-state index >= 15 is 0 Å². The first-order chi connectivity index (χ1) is 8.43.